The van der Waals surface area contributed by atoms with Crippen LogP contribution in [0, 0.1) is 0 Å². The smallest absolute Gasteiger partial charge is 0.317 e. The monoisotopic (exact) mass is 542 g/mol. The molecule has 0 saturated heterocycles. The zero-order chi connectivity index (χ0) is 28.5. The maximum absolute atomic E-state index is 12.0. The van der Waals surface area contributed by atoms with Crippen molar-refractivity contribution in [2.24, 2.45) is 0 Å². The molecule has 206 valence electrons. The van der Waals surface area contributed by atoms with Crippen molar-refractivity contribution in [3.63, 3.8) is 0 Å². The van der Waals surface area contributed by atoms with Crippen molar-refractivity contribution in [1.29, 1.82) is 0 Å². The van der Waals surface area contributed by atoms with Gasteiger partial charge in [0.15, 0.2) is 0 Å². The van der Waals surface area contributed by atoms with Crippen LogP contribution in [0.4, 0.5) is 0 Å². The van der Waals surface area contributed by atoms with Crippen molar-refractivity contribution in [3.8, 4) is 11.5 Å². The maximum atomic E-state index is 12.0. The number of rotatable bonds is 13. The molecule has 0 radical (unpaired) electrons. The molecule has 2 heterocycles. The summed E-state index contributed by atoms with van der Waals surface area (Å²) in [6.07, 6.45) is 3.18. The lowest BCUT2D eigenvalue weighted by Gasteiger charge is -2.35. The lowest BCUT2D eigenvalue weighted by atomic mass is 9.98. The number of aromatic hydroxyl groups is 2. The molecule has 0 bridgehead atoms. The van der Waals surface area contributed by atoms with Crippen LogP contribution in [0.3, 0.4) is 0 Å². The van der Waals surface area contributed by atoms with Gasteiger partial charge in [-0.05, 0) is 36.4 Å². The number of carboxylic acid groups (broad SMARTS) is 2. The standard InChI is InChI=1S/C30H30N4O6/c35-25-13-3-1-9-21(25)29(23-11-5-7-15-31-23)33(19-27(37)38)17-18-34(20-28(39)40)30(24-12-6-8-16-32-24)22-10-2-4-14-26(22)36/h1-16,29-30,35-36H,17-20H2,(H,37,38)(H,39,40)/t29-,30?/m0/s1. The Morgan fingerprint density at radius 3 is 1.30 bits per heavy atom. The molecule has 0 aliphatic rings. The topological polar surface area (TPSA) is 147 Å². The van der Waals surface area contributed by atoms with Gasteiger partial charge in [-0.1, -0.05) is 48.5 Å². The van der Waals surface area contributed by atoms with Gasteiger partial charge in [-0.25, -0.2) is 0 Å². The predicted molar refractivity (Wildman–Crippen MR) is 147 cm³/mol. The SMILES string of the molecule is O=C(O)CN(CCN(CC(=O)O)[C@H](c1ccccn1)c1ccccc1O)C(c1ccccn1)c1ccccc1O. The Morgan fingerprint density at radius 1 is 0.600 bits per heavy atom. The molecule has 0 amide bonds. The van der Waals surface area contributed by atoms with E-state index in [0.29, 0.717) is 22.5 Å². The molecule has 0 saturated carbocycles. The highest BCUT2D eigenvalue weighted by atomic mass is 16.4. The zero-order valence-corrected chi connectivity index (χ0v) is 21.6. The van der Waals surface area contributed by atoms with Gasteiger partial charge in [-0.2, -0.15) is 0 Å². The molecule has 2 aromatic carbocycles. The van der Waals surface area contributed by atoms with Crippen molar-refractivity contribution in [2.75, 3.05) is 26.2 Å². The van der Waals surface area contributed by atoms with Crippen LogP contribution in [-0.4, -0.2) is 78.3 Å². The zero-order valence-electron chi connectivity index (χ0n) is 21.6. The summed E-state index contributed by atoms with van der Waals surface area (Å²) in [5.74, 6) is -2.22. The van der Waals surface area contributed by atoms with Crippen LogP contribution in [-0.2, 0) is 9.59 Å². The number of nitrogens with zero attached hydrogens (tertiary/aromatic N) is 4. The van der Waals surface area contributed by atoms with Gasteiger partial charge in [0, 0.05) is 36.6 Å². The summed E-state index contributed by atoms with van der Waals surface area (Å²) < 4.78 is 0. The molecule has 4 rings (SSSR count). The van der Waals surface area contributed by atoms with E-state index in [9.17, 15) is 30.0 Å². The molecule has 10 nitrogen and oxygen atoms in total. The van der Waals surface area contributed by atoms with E-state index in [-0.39, 0.29) is 24.6 Å². The molecule has 4 N–H and O–H groups in total. The molecule has 2 aromatic heterocycles. The third kappa shape index (κ3) is 6.99. The average Bonchev–Trinajstić information content (AvgIpc) is 2.94. The van der Waals surface area contributed by atoms with E-state index in [1.54, 1.807) is 95.0 Å². The van der Waals surface area contributed by atoms with E-state index >= 15 is 0 Å². The van der Waals surface area contributed by atoms with Crippen molar-refractivity contribution >= 4 is 11.9 Å². The third-order valence-electron chi connectivity index (χ3n) is 6.48. The number of hydrogen-bond donors (Lipinski definition) is 4. The fourth-order valence-corrected chi connectivity index (χ4v) is 4.80. The molecule has 0 spiro atoms. The number of carboxylic acids is 2. The lowest BCUT2D eigenvalue weighted by molar-refractivity contribution is -0.140. The van der Waals surface area contributed by atoms with E-state index in [4.69, 9.17) is 0 Å². The van der Waals surface area contributed by atoms with Gasteiger partial charge in [0.1, 0.15) is 11.5 Å². The fraction of sp³-hybridized carbons (Fsp3) is 0.200. The number of para-hydroxylation sites is 2. The molecule has 0 aliphatic carbocycles. The van der Waals surface area contributed by atoms with Gasteiger partial charge < -0.3 is 20.4 Å². The number of aromatic nitrogens is 2. The summed E-state index contributed by atoms with van der Waals surface area (Å²) >= 11 is 0. The van der Waals surface area contributed by atoms with Gasteiger partial charge in [-0.15, -0.1) is 0 Å². The molecule has 0 fully saturated rings. The van der Waals surface area contributed by atoms with Crippen LogP contribution in [0.2, 0.25) is 0 Å². The minimum atomic E-state index is -1.09. The van der Waals surface area contributed by atoms with E-state index in [1.807, 2.05) is 0 Å². The highest BCUT2D eigenvalue weighted by Crippen LogP contribution is 2.35. The van der Waals surface area contributed by atoms with Crippen LogP contribution in [0.15, 0.2) is 97.3 Å². The number of aliphatic carboxylic acids is 2. The summed E-state index contributed by atoms with van der Waals surface area (Å²) in [5, 5.41) is 41.1. The molecule has 2 atom stereocenters. The molecule has 0 aliphatic heterocycles. The Labute approximate surface area is 231 Å². The van der Waals surface area contributed by atoms with Crippen LogP contribution < -0.4 is 0 Å². The number of carbonyl (C=O) groups is 2. The van der Waals surface area contributed by atoms with E-state index in [2.05, 4.69) is 9.97 Å². The van der Waals surface area contributed by atoms with Crippen molar-refractivity contribution in [2.45, 2.75) is 12.1 Å². The van der Waals surface area contributed by atoms with E-state index in [1.165, 1.54) is 12.1 Å². The Kier molecular flexibility index (Phi) is 9.39. The quantitative estimate of drug-likeness (QED) is 0.198. The Balaban J connectivity index is 1.76. The summed E-state index contributed by atoms with van der Waals surface area (Å²) in [4.78, 5) is 36.2. The first-order valence-corrected chi connectivity index (χ1v) is 12.6. The number of benzene rings is 2. The third-order valence-corrected chi connectivity index (χ3v) is 6.48. The first-order valence-electron chi connectivity index (χ1n) is 12.6. The van der Waals surface area contributed by atoms with Crippen LogP contribution in [0.25, 0.3) is 0 Å². The Morgan fingerprint density at radius 2 is 0.975 bits per heavy atom. The summed E-state index contributed by atoms with van der Waals surface area (Å²) in [6, 6.07) is 22.4. The summed E-state index contributed by atoms with van der Waals surface area (Å²) in [7, 11) is 0. The molecule has 10 heteroatoms. The molecular formula is C30H30N4O6. The first-order chi connectivity index (χ1) is 19.3. The molecule has 4 aromatic rings. The van der Waals surface area contributed by atoms with Gasteiger partial charge in [0.25, 0.3) is 0 Å². The second-order valence-electron chi connectivity index (χ2n) is 9.16. The normalized spacial score (nSPS) is 12.8. The van der Waals surface area contributed by atoms with E-state index in [0.717, 1.165) is 0 Å². The Bertz CT molecular complexity index is 1310. The van der Waals surface area contributed by atoms with Gasteiger partial charge in [0.2, 0.25) is 0 Å². The van der Waals surface area contributed by atoms with Crippen molar-refractivity contribution < 1.29 is 30.0 Å². The number of pyridine rings is 2. The van der Waals surface area contributed by atoms with Crippen LogP contribution in [0.1, 0.15) is 34.6 Å². The minimum absolute atomic E-state index is 0.0171. The van der Waals surface area contributed by atoms with Crippen molar-refractivity contribution in [1.82, 2.24) is 19.8 Å². The predicted octanol–water partition coefficient (Wildman–Crippen LogP) is 3.54. The number of hydrogen-bond acceptors (Lipinski definition) is 8. The van der Waals surface area contributed by atoms with Gasteiger partial charge in [-0.3, -0.25) is 29.4 Å². The second kappa shape index (κ2) is 13.3. The van der Waals surface area contributed by atoms with Crippen LogP contribution in [0.5, 0.6) is 11.5 Å². The molecule has 40 heavy (non-hydrogen) atoms. The fourth-order valence-electron chi connectivity index (χ4n) is 4.80. The number of phenolic OH excluding ortho intramolecular Hbond substituents is 2. The number of phenols is 2. The highest BCUT2D eigenvalue weighted by Gasteiger charge is 2.31. The second-order valence-corrected chi connectivity index (χ2v) is 9.16. The van der Waals surface area contributed by atoms with Crippen molar-refractivity contribution in [3.05, 3.63) is 120 Å². The summed E-state index contributed by atoms with van der Waals surface area (Å²) in [6.45, 7) is -0.624. The van der Waals surface area contributed by atoms with Crippen LogP contribution >= 0.6 is 0 Å². The first kappa shape index (κ1) is 28.2. The largest absolute Gasteiger partial charge is 0.508 e. The molecular weight excluding hydrogens is 512 g/mol. The van der Waals surface area contributed by atoms with Gasteiger partial charge >= 0.3 is 11.9 Å². The minimum Gasteiger partial charge on any atom is -0.508 e. The van der Waals surface area contributed by atoms with Gasteiger partial charge in [0.05, 0.1) is 36.6 Å². The lowest BCUT2D eigenvalue weighted by Crippen LogP contribution is -2.43. The Hall–Kier alpha value is -4.80. The maximum Gasteiger partial charge on any atom is 0.317 e. The molecule has 1 unspecified atom stereocenters. The highest BCUT2D eigenvalue weighted by molar-refractivity contribution is 5.70. The summed E-state index contributed by atoms with van der Waals surface area (Å²) in [5.41, 5.74) is 1.98. The van der Waals surface area contributed by atoms with E-state index < -0.39 is 37.1 Å². The average molecular weight is 543 g/mol.